The number of aromatic nitrogens is 1. The lowest BCUT2D eigenvalue weighted by molar-refractivity contribution is 0.0649. The second-order valence-corrected chi connectivity index (χ2v) is 13.6. The van der Waals surface area contributed by atoms with E-state index in [9.17, 15) is 13.2 Å². The van der Waals surface area contributed by atoms with Gasteiger partial charge in [0.1, 0.15) is 0 Å². The standard InChI is InChI=1S/C27H38ClN5O3S/c1-27(2,3)24-17-22(8-11-25(24)28)32-13-15-33(16-14-32)37(35,36)23-9-6-21(7-10-23)31-26(34)30-19-20-5-4-12-29-18-20/h4-7,9-10,12,18,22,24-25H,8,11,13-17,19H2,1-3H3,(H2,30,31,34). The molecule has 3 atom stereocenters. The van der Waals surface area contributed by atoms with Crippen molar-refractivity contribution in [2.24, 2.45) is 11.3 Å². The van der Waals surface area contributed by atoms with Gasteiger partial charge in [0.05, 0.1) is 4.90 Å². The number of anilines is 1. The first-order chi connectivity index (χ1) is 17.5. The SMILES string of the molecule is CC(C)(C)C1CC(N2CCN(S(=O)(=O)c3ccc(NC(=O)NCc4cccnc4)cc3)CC2)CCC1Cl. The molecule has 2 N–H and O–H groups in total. The molecule has 3 unspecified atom stereocenters. The molecule has 0 bridgehead atoms. The molecule has 2 heterocycles. The molecule has 2 aliphatic rings. The number of rotatable bonds is 6. The summed E-state index contributed by atoms with van der Waals surface area (Å²) in [5, 5.41) is 5.71. The molecule has 10 heteroatoms. The number of amides is 2. The monoisotopic (exact) mass is 547 g/mol. The smallest absolute Gasteiger partial charge is 0.319 e. The van der Waals surface area contributed by atoms with E-state index in [2.05, 4.69) is 41.3 Å². The zero-order valence-corrected chi connectivity index (χ0v) is 23.4. The highest BCUT2D eigenvalue weighted by molar-refractivity contribution is 7.89. The number of halogens is 1. The Morgan fingerprint density at radius 3 is 2.41 bits per heavy atom. The van der Waals surface area contributed by atoms with Gasteiger partial charge in [-0.3, -0.25) is 9.88 Å². The van der Waals surface area contributed by atoms with E-state index in [-0.39, 0.29) is 21.7 Å². The third kappa shape index (κ3) is 7.02. The molecule has 8 nitrogen and oxygen atoms in total. The first-order valence-electron chi connectivity index (χ1n) is 13.0. The number of hydrogen-bond donors (Lipinski definition) is 2. The van der Waals surface area contributed by atoms with E-state index in [0.29, 0.717) is 37.3 Å². The largest absolute Gasteiger partial charge is 0.334 e. The summed E-state index contributed by atoms with van der Waals surface area (Å²) in [4.78, 5) is 18.9. The van der Waals surface area contributed by atoms with Crippen LogP contribution in [0.1, 0.15) is 45.6 Å². The maximum absolute atomic E-state index is 13.3. The zero-order chi connectivity index (χ0) is 26.6. The Balaban J connectivity index is 1.29. The Bertz CT molecular complexity index is 1150. The van der Waals surface area contributed by atoms with E-state index in [0.717, 1.165) is 37.9 Å². The minimum atomic E-state index is -3.60. The molecule has 0 spiro atoms. The van der Waals surface area contributed by atoms with Gasteiger partial charge in [-0.05, 0) is 66.5 Å². The average molecular weight is 548 g/mol. The number of benzene rings is 1. The van der Waals surface area contributed by atoms with E-state index < -0.39 is 10.0 Å². The summed E-state index contributed by atoms with van der Waals surface area (Å²) in [6, 6.07) is 10.1. The number of hydrogen-bond acceptors (Lipinski definition) is 5. The maximum Gasteiger partial charge on any atom is 0.319 e. The molecule has 1 aliphatic carbocycles. The third-order valence-corrected chi connectivity index (χ3v) is 10.0. The number of piperazine rings is 1. The van der Waals surface area contributed by atoms with Crippen LogP contribution in [0.3, 0.4) is 0 Å². The number of alkyl halides is 1. The fourth-order valence-electron chi connectivity index (χ4n) is 5.37. The van der Waals surface area contributed by atoms with Crippen LogP contribution in [0.25, 0.3) is 0 Å². The maximum atomic E-state index is 13.3. The Hall–Kier alpha value is -2.20. The molecule has 2 fully saturated rings. The number of carbonyl (C=O) groups is 1. The molecule has 0 radical (unpaired) electrons. The van der Waals surface area contributed by atoms with Gasteiger partial charge in [-0.15, -0.1) is 11.6 Å². The summed E-state index contributed by atoms with van der Waals surface area (Å²) in [6.07, 6.45) is 6.50. The first-order valence-corrected chi connectivity index (χ1v) is 14.8. The van der Waals surface area contributed by atoms with Crippen molar-refractivity contribution in [2.45, 2.75) is 62.9 Å². The van der Waals surface area contributed by atoms with Crippen LogP contribution in [0.4, 0.5) is 10.5 Å². The quantitative estimate of drug-likeness (QED) is 0.518. The minimum Gasteiger partial charge on any atom is -0.334 e. The van der Waals surface area contributed by atoms with E-state index in [1.54, 1.807) is 41.0 Å². The van der Waals surface area contributed by atoms with E-state index in [1.807, 2.05) is 12.1 Å². The molecule has 2 amide bonds. The van der Waals surface area contributed by atoms with Gasteiger partial charge in [0.15, 0.2) is 0 Å². The van der Waals surface area contributed by atoms with Crippen LogP contribution >= 0.6 is 11.6 Å². The van der Waals surface area contributed by atoms with Crippen molar-refractivity contribution >= 4 is 33.3 Å². The van der Waals surface area contributed by atoms with Crippen LogP contribution in [0, 0.1) is 11.3 Å². The first kappa shape index (κ1) is 27.8. The predicted molar refractivity (Wildman–Crippen MR) is 147 cm³/mol. The summed E-state index contributed by atoms with van der Waals surface area (Å²) >= 11 is 6.67. The Morgan fingerprint density at radius 2 is 1.78 bits per heavy atom. The van der Waals surface area contributed by atoms with E-state index in [4.69, 9.17) is 11.6 Å². The highest BCUT2D eigenvalue weighted by atomic mass is 35.5. The van der Waals surface area contributed by atoms with Crippen molar-refractivity contribution in [1.82, 2.24) is 19.5 Å². The molecule has 1 saturated carbocycles. The minimum absolute atomic E-state index is 0.164. The van der Waals surface area contributed by atoms with Crippen molar-refractivity contribution in [3.05, 3.63) is 54.4 Å². The van der Waals surface area contributed by atoms with Gasteiger partial charge in [-0.25, -0.2) is 13.2 Å². The second kappa shape index (κ2) is 11.7. The zero-order valence-electron chi connectivity index (χ0n) is 21.9. The van der Waals surface area contributed by atoms with Gasteiger partial charge in [0.25, 0.3) is 0 Å². The molecule has 2 aromatic rings. The van der Waals surface area contributed by atoms with Crippen LogP contribution in [-0.4, -0.2) is 66.2 Å². The Morgan fingerprint density at radius 1 is 1.08 bits per heavy atom. The number of urea groups is 1. The van der Waals surface area contributed by atoms with Crippen molar-refractivity contribution in [3.63, 3.8) is 0 Å². The number of nitrogens with zero attached hydrogens (tertiary/aromatic N) is 3. The highest BCUT2D eigenvalue weighted by Crippen LogP contribution is 2.42. The lowest BCUT2D eigenvalue weighted by atomic mass is 9.70. The molecule has 4 rings (SSSR count). The van der Waals surface area contributed by atoms with Crippen LogP contribution in [0.2, 0.25) is 0 Å². The van der Waals surface area contributed by atoms with Crippen molar-refractivity contribution in [3.8, 4) is 0 Å². The normalized spacial score (nSPS) is 23.9. The van der Waals surface area contributed by atoms with Gasteiger partial charge in [0.2, 0.25) is 10.0 Å². The van der Waals surface area contributed by atoms with Crippen molar-refractivity contribution in [2.75, 3.05) is 31.5 Å². The summed E-state index contributed by atoms with van der Waals surface area (Å²) < 4.78 is 28.1. The molecule has 1 aliphatic heterocycles. The summed E-state index contributed by atoms with van der Waals surface area (Å²) in [7, 11) is -3.60. The van der Waals surface area contributed by atoms with Gasteiger partial charge < -0.3 is 10.6 Å². The Kier molecular flexibility index (Phi) is 8.78. The number of carbonyl (C=O) groups excluding carboxylic acids is 1. The summed E-state index contributed by atoms with van der Waals surface area (Å²) in [5.74, 6) is 0.458. The Labute approximate surface area is 225 Å². The van der Waals surface area contributed by atoms with Gasteiger partial charge in [-0.2, -0.15) is 4.31 Å². The number of nitrogens with one attached hydrogen (secondary N) is 2. The fourth-order valence-corrected chi connectivity index (χ4v) is 7.40. The summed E-state index contributed by atoms with van der Waals surface area (Å²) in [5.41, 5.74) is 1.58. The molecule has 37 heavy (non-hydrogen) atoms. The molecule has 1 aromatic heterocycles. The molecule has 1 aromatic carbocycles. The predicted octanol–water partition coefficient (Wildman–Crippen LogP) is 4.53. The average Bonchev–Trinajstić information content (AvgIpc) is 2.88. The van der Waals surface area contributed by atoms with Gasteiger partial charge in [0, 0.05) is 62.2 Å². The van der Waals surface area contributed by atoms with Crippen LogP contribution in [0.15, 0.2) is 53.7 Å². The molecular weight excluding hydrogens is 510 g/mol. The molecule has 202 valence electrons. The van der Waals surface area contributed by atoms with Crippen molar-refractivity contribution in [1.29, 1.82) is 0 Å². The highest BCUT2D eigenvalue weighted by Gasteiger charge is 2.40. The van der Waals surface area contributed by atoms with Crippen LogP contribution < -0.4 is 10.6 Å². The fraction of sp³-hybridized carbons (Fsp3) is 0.556. The van der Waals surface area contributed by atoms with E-state index in [1.165, 1.54) is 0 Å². The lowest BCUT2D eigenvalue weighted by Crippen LogP contribution is -2.54. The molecule has 1 saturated heterocycles. The van der Waals surface area contributed by atoms with Crippen LogP contribution in [0.5, 0.6) is 0 Å². The third-order valence-electron chi connectivity index (χ3n) is 7.57. The van der Waals surface area contributed by atoms with Crippen molar-refractivity contribution < 1.29 is 13.2 Å². The van der Waals surface area contributed by atoms with E-state index >= 15 is 0 Å². The topological polar surface area (TPSA) is 94.6 Å². The van der Waals surface area contributed by atoms with Gasteiger partial charge >= 0.3 is 6.03 Å². The second-order valence-electron chi connectivity index (χ2n) is 11.1. The molecular formula is C27H38ClN5O3S. The van der Waals surface area contributed by atoms with Gasteiger partial charge in [-0.1, -0.05) is 26.8 Å². The number of sulfonamides is 1. The number of pyridine rings is 1. The van der Waals surface area contributed by atoms with Crippen LogP contribution in [-0.2, 0) is 16.6 Å². The summed E-state index contributed by atoms with van der Waals surface area (Å²) in [6.45, 7) is 9.53. The lowest BCUT2D eigenvalue weighted by Gasteiger charge is -2.46.